The SMILES string of the molecule is CC(CCCO)NC(=O)c1cc(F)cc(N)c1F. The van der Waals surface area contributed by atoms with Crippen molar-refractivity contribution in [2.75, 3.05) is 12.3 Å². The zero-order valence-electron chi connectivity index (χ0n) is 10.0. The summed E-state index contributed by atoms with van der Waals surface area (Å²) in [5, 5.41) is 11.2. The summed E-state index contributed by atoms with van der Waals surface area (Å²) >= 11 is 0. The lowest BCUT2D eigenvalue weighted by molar-refractivity contribution is 0.0932. The monoisotopic (exact) mass is 258 g/mol. The molecule has 0 aliphatic rings. The van der Waals surface area contributed by atoms with Gasteiger partial charge in [0, 0.05) is 12.6 Å². The lowest BCUT2D eigenvalue weighted by atomic mass is 10.1. The molecule has 1 aromatic rings. The Balaban J connectivity index is 2.78. The Labute approximate surface area is 104 Å². The van der Waals surface area contributed by atoms with Gasteiger partial charge in [0.1, 0.15) is 5.82 Å². The van der Waals surface area contributed by atoms with Crippen molar-refractivity contribution >= 4 is 11.6 Å². The summed E-state index contributed by atoms with van der Waals surface area (Å²) in [6, 6.07) is 1.38. The number of rotatable bonds is 5. The topological polar surface area (TPSA) is 75.3 Å². The summed E-state index contributed by atoms with van der Waals surface area (Å²) in [5.41, 5.74) is 4.43. The first-order chi connectivity index (χ1) is 8.45. The van der Waals surface area contributed by atoms with Crippen LogP contribution in [0.25, 0.3) is 0 Å². The van der Waals surface area contributed by atoms with Crippen molar-refractivity contribution in [3.05, 3.63) is 29.3 Å². The van der Waals surface area contributed by atoms with Crippen molar-refractivity contribution in [3.63, 3.8) is 0 Å². The highest BCUT2D eigenvalue weighted by Gasteiger charge is 2.17. The number of hydrogen-bond acceptors (Lipinski definition) is 3. The van der Waals surface area contributed by atoms with Crippen LogP contribution in [-0.4, -0.2) is 23.7 Å². The minimum absolute atomic E-state index is 0.0154. The fourth-order valence-corrected chi connectivity index (χ4v) is 1.55. The molecule has 0 fully saturated rings. The second-order valence-electron chi connectivity index (χ2n) is 4.10. The van der Waals surface area contributed by atoms with Gasteiger partial charge in [-0.2, -0.15) is 0 Å². The number of nitrogens with two attached hydrogens (primary N) is 1. The highest BCUT2D eigenvalue weighted by Crippen LogP contribution is 2.17. The molecule has 6 heteroatoms. The highest BCUT2D eigenvalue weighted by atomic mass is 19.1. The van der Waals surface area contributed by atoms with E-state index < -0.39 is 28.8 Å². The summed E-state index contributed by atoms with van der Waals surface area (Å²) in [4.78, 5) is 11.7. The zero-order valence-corrected chi connectivity index (χ0v) is 10.0. The van der Waals surface area contributed by atoms with E-state index in [2.05, 4.69) is 5.32 Å². The second kappa shape index (κ2) is 6.30. The molecule has 1 rings (SSSR count). The number of carbonyl (C=O) groups excluding carboxylic acids is 1. The van der Waals surface area contributed by atoms with Gasteiger partial charge in [-0.15, -0.1) is 0 Å². The van der Waals surface area contributed by atoms with E-state index in [0.29, 0.717) is 12.8 Å². The third kappa shape index (κ3) is 3.66. The molecule has 4 N–H and O–H groups in total. The predicted molar refractivity (Wildman–Crippen MR) is 64.0 cm³/mol. The lowest BCUT2D eigenvalue weighted by Crippen LogP contribution is -2.33. The summed E-state index contributed by atoms with van der Waals surface area (Å²) in [6.07, 6.45) is 1.07. The molecule has 1 amide bonds. The fourth-order valence-electron chi connectivity index (χ4n) is 1.55. The molecular formula is C12H16F2N2O2. The van der Waals surface area contributed by atoms with Crippen LogP contribution < -0.4 is 11.1 Å². The Morgan fingerprint density at radius 1 is 1.50 bits per heavy atom. The van der Waals surface area contributed by atoms with E-state index in [4.69, 9.17) is 10.8 Å². The van der Waals surface area contributed by atoms with Crippen molar-refractivity contribution < 1.29 is 18.7 Å². The summed E-state index contributed by atoms with van der Waals surface area (Å²) in [6.45, 7) is 1.73. The first-order valence-electron chi connectivity index (χ1n) is 5.62. The number of anilines is 1. The van der Waals surface area contributed by atoms with Crippen molar-refractivity contribution in [1.82, 2.24) is 5.32 Å². The first kappa shape index (κ1) is 14.4. The average molecular weight is 258 g/mol. The quantitative estimate of drug-likeness (QED) is 0.699. The summed E-state index contributed by atoms with van der Waals surface area (Å²) < 4.78 is 26.6. The Morgan fingerprint density at radius 2 is 2.17 bits per heavy atom. The largest absolute Gasteiger partial charge is 0.396 e. The normalized spacial score (nSPS) is 12.2. The second-order valence-corrected chi connectivity index (χ2v) is 4.10. The van der Waals surface area contributed by atoms with E-state index in [9.17, 15) is 13.6 Å². The third-order valence-electron chi connectivity index (χ3n) is 2.48. The molecular weight excluding hydrogens is 242 g/mol. The number of aliphatic hydroxyl groups is 1. The van der Waals surface area contributed by atoms with Gasteiger partial charge >= 0.3 is 0 Å². The highest BCUT2D eigenvalue weighted by molar-refractivity contribution is 5.95. The van der Waals surface area contributed by atoms with Crippen LogP contribution in [0, 0.1) is 11.6 Å². The molecule has 18 heavy (non-hydrogen) atoms. The molecule has 1 atom stereocenters. The van der Waals surface area contributed by atoms with Gasteiger partial charge in [0.25, 0.3) is 5.91 Å². The van der Waals surface area contributed by atoms with Gasteiger partial charge in [-0.25, -0.2) is 8.78 Å². The van der Waals surface area contributed by atoms with E-state index >= 15 is 0 Å². The third-order valence-corrected chi connectivity index (χ3v) is 2.48. The number of aliphatic hydroxyl groups excluding tert-OH is 1. The Bertz CT molecular complexity index is 438. The molecule has 0 aliphatic carbocycles. The van der Waals surface area contributed by atoms with E-state index in [1.165, 1.54) is 0 Å². The van der Waals surface area contributed by atoms with Gasteiger partial charge < -0.3 is 16.2 Å². The molecule has 0 saturated carbocycles. The molecule has 0 aliphatic heterocycles. The van der Waals surface area contributed by atoms with Crippen LogP contribution in [-0.2, 0) is 0 Å². The molecule has 0 radical (unpaired) electrons. The number of carbonyl (C=O) groups is 1. The van der Waals surface area contributed by atoms with Gasteiger partial charge in [-0.1, -0.05) is 0 Å². The van der Waals surface area contributed by atoms with E-state index in [1.54, 1.807) is 6.92 Å². The van der Waals surface area contributed by atoms with Gasteiger partial charge in [0.15, 0.2) is 5.82 Å². The number of halogens is 2. The maximum absolute atomic E-state index is 13.5. The molecule has 4 nitrogen and oxygen atoms in total. The zero-order chi connectivity index (χ0) is 13.7. The van der Waals surface area contributed by atoms with Crippen molar-refractivity contribution in [1.29, 1.82) is 0 Å². The van der Waals surface area contributed by atoms with Crippen LogP contribution in [0.3, 0.4) is 0 Å². The Hall–Kier alpha value is -1.69. The average Bonchev–Trinajstić information content (AvgIpc) is 2.30. The maximum atomic E-state index is 13.5. The van der Waals surface area contributed by atoms with Crippen molar-refractivity contribution in [3.8, 4) is 0 Å². The standard InChI is InChI=1S/C12H16F2N2O2/c1-7(3-2-4-17)16-12(18)9-5-8(13)6-10(15)11(9)14/h5-7,17H,2-4,15H2,1H3,(H,16,18). The predicted octanol–water partition coefficient (Wildman–Crippen LogP) is 1.44. The van der Waals surface area contributed by atoms with Gasteiger partial charge in [-0.05, 0) is 31.9 Å². The summed E-state index contributed by atoms with van der Waals surface area (Å²) in [5.74, 6) is -2.41. The van der Waals surface area contributed by atoms with Crippen molar-refractivity contribution in [2.45, 2.75) is 25.8 Å². The smallest absolute Gasteiger partial charge is 0.254 e. The molecule has 0 saturated heterocycles. The van der Waals surface area contributed by atoms with Crippen LogP contribution in [0.1, 0.15) is 30.1 Å². The first-order valence-corrected chi connectivity index (χ1v) is 5.62. The molecule has 0 heterocycles. The van der Waals surface area contributed by atoms with Gasteiger partial charge in [0.2, 0.25) is 0 Å². The molecule has 0 spiro atoms. The molecule has 1 unspecified atom stereocenters. The number of benzene rings is 1. The number of amides is 1. The minimum atomic E-state index is -0.928. The molecule has 0 bridgehead atoms. The fraction of sp³-hybridized carbons (Fsp3) is 0.417. The van der Waals surface area contributed by atoms with E-state index in [0.717, 1.165) is 12.1 Å². The van der Waals surface area contributed by atoms with Crippen LogP contribution in [0.2, 0.25) is 0 Å². The summed E-state index contributed by atoms with van der Waals surface area (Å²) in [7, 11) is 0. The van der Waals surface area contributed by atoms with Crippen LogP contribution >= 0.6 is 0 Å². The number of hydrogen-bond donors (Lipinski definition) is 3. The van der Waals surface area contributed by atoms with Crippen molar-refractivity contribution in [2.24, 2.45) is 0 Å². The molecule has 0 aromatic heterocycles. The Morgan fingerprint density at radius 3 is 2.78 bits per heavy atom. The molecule has 1 aromatic carbocycles. The lowest BCUT2D eigenvalue weighted by Gasteiger charge is -2.14. The Kier molecular flexibility index (Phi) is 5.03. The minimum Gasteiger partial charge on any atom is -0.396 e. The van der Waals surface area contributed by atoms with Crippen LogP contribution in [0.4, 0.5) is 14.5 Å². The van der Waals surface area contributed by atoms with E-state index in [-0.39, 0.29) is 12.6 Å². The number of nitrogen functional groups attached to an aromatic ring is 1. The number of nitrogens with one attached hydrogen (secondary N) is 1. The van der Waals surface area contributed by atoms with Gasteiger partial charge in [0.05, 0.1) is 11.3 Å². The van der Waals surface area contributed by atoms with E-state index in [1.807, 2.05) is 0 Å². The van der Waals surface area contributed by atoms with Crippen LogP contribution in [0.5, 0.6) is 0 Å². The molecule has 100 valence electrons. The van der Waals surface area contributed by atoms with Crippen LogP contribution in [0.15, 0.2) is 12.1 Å². The maximum Gasteiger partial charge on any atom is 0.254 e. The van der Waals surface area contributed by atoms with Gasteiger partial charge in [-0.3, -0.25) is 4.79 Å².